The Balaban J connectivity index is 2.12. The first-order valence-corrected chi connectivity index (χ1v) is 4.59. The minimum atomic E-state index is -0.771. The molecule has 0 bridgehead atoms. The molecular formula is C9H15N3O2. The summed E-state index contributed by atoms with van der Waals surface area (Å²) in [4.78, 5) is 14.3. The number of carbonyl (C=O) groups is 1. The number of carboxylic acids is 1. The van der Waals surface area contributed by atoms with Crippen molar-refractivity contribution in [2.75, 3.05) is 6.54 Å². The second kappa shape index (κ2) is 5.39. The highest BCUT2D eigenvalue weighted by Gasteiger charge is 2.05. The normalized spacial score (nSPS) is 12.6. The van der Waals surface area contributed by atoms with Crippen LogP contribution in [0.3, 0.4) is 0 Å². The Morgan fingerprint density at radius 2 is 2.50 bits per heavy atom. The van der Waals surface area contributed by atoms with Crippen molar-refractivity contribution < 1.29 is 9.90 Å². The average Bonchev–Trinajstić information content (AvgIpc) is 2.55. The lowest BCUT2D eigenvalue weighted by Crippen LogP contribution is -2.31. The first-order chi connectivity index (χ1) is 6.68. The van der Waals surface area contributed by atoms with Crippen LogP contribution in [0, 0.1) is 0 Å². The summed E-state index contributed by atoms with van der Waals surface area (Å²) in [6.07, 6.45) is 5.50. The van der Waals surface area contributed by atoms with Gasteiger partial charge in [-0.15, -0.1) is 0 Å². The zero-order chi connectivity index (χ0) is 10.4. The van der Waals surface area contributed by atoms with Crippen LogP contribution in [-0.2, 0) is 11.3 Å². The Morgan fingerprint density at radius 3 is 3.07 bits per heavy atom. The van der Waals surface area contributed by atoms with Gasteiger partial charge in [0.2, 0.25) is 0 Å². The van der Waals surface area contributed by atoms with Gasteiger partial charge in [-0.2, -0.15) is 0 Å². The monoisotopic (exact) mass is 197 g/mol. The van der Waals surface area contributed by atoms with E-state index in [4.69, 9.17) is 5.11 Å². The molecule has 0 amide bonds. The summed E-state index contributed by atoms with van der Waals surface area (Å²) < 4.78 is 1.94. The molecule has 2 N–H and O–H groups in total. The van der Waals surface area contributed by atoms with Crippen molar-refractivity contribution in [3.63, 3.8) is 0 Å². The molecule has 1 aromatic heterocycles. The molecule has 0 spiro atoms. The fourth-order valence-corrected chi connectivity index (χ4v) is 1.19. The number of nitrogens with one attached hydrogen (secondary N) is 1. The van der Waals surface area contributed by atoms with E-state index < -0.39 is 5.97 Å². The molecule has 0 fully saturated rings. The lowest BCUT2D eigenvalue weighted by molar-refractivity contribution is -0.137. The van der Waals surface area contributed by atoms with Crippen LogP contribution in [0.1, 0.15) is 13.3 Å². The molecule has 0 aliphatic rings. The number of nitrogens with zero attached hydrogens (tertiary/aromatic N) is 2. The maximum atomic E-state index is 10.3. The molecular weight excluding hydrogens is 182 g/mol. The van der Waals surface area contributed by atoms with Gasteiger partial charge < -0.3 is 15.0 Å². The summed E-state index contributed by atoms with van der Waals surface area (Å²) in [5.74, 6) is -0.771. The molecule has 1 heterocycles. The van der Waals surface area contributed by atoms with Gasteiger partial charge in [0.25, 0.3) is 0 Å². The van der Waals surface area contributed by atoms with E-state index in [1.54, 1.807) is 12.5 Å². The lowest BCUT2D eigenvalue weighted by Gasteiger charge is -2.11. The van der Waals surface area contributed by atoms with Crippen molar-refractivity contribution in [2.24, 2.45) is 0 Å². The molecule has 5 nitrogen and oxygen atoms in total. The minimum Gasteiger partial charge on any atom is -0.481 e. The number of carboxylic acid groups (broad SMARTS) is 1. The number of aromatic nitrogens is 2. The van der Waals surface area contributed by atoms with Gasteiger partial charge in [0.15, 0.2) is 0 Å². The van der Waals surface area contributed by atoms with Crippen molar-refractivity contribution >= 4 is 5.97 Å². The zero-order valence-electron chi connectivity index (χ0n) is 8.18. The average molecular weight is 197 g/mol. The predicted octanol–water partition coefficient (Wildman–Crippen LogP) is 0.336. The van der Waals surface area contributed by atoms with Crippen LogP contribution in [0.15, 0.2) is 18.7 Å². The van der Waals surface area contributed by atoms with Crippen molar-refractivity contribution in [1.29, 1.82) is 0 Å². The van der Waals surface area contributed by atoms with Crippen LogP contribution in [0.4, 0.5) is 0 Å². The van der Waals surface area contributed by atoms with Gasteiger partial charge in [0.05, 0.1) is 12.7 Å². The van der Waals surface area contributed by atoms with Gasteiger partial charge in [-0.05, 0) is 6.92 Å². The van der Waals surface area contributed by atoms with Crippen LogP contribution >= 0.6 is 0 Å². The van der Waals surface area contributed by atoms with E-state index in [-0.39, 0.29) is 12.5 Å². The number of hydrogen-bond acceptors (Lipinski definition) is 3. The summed E-state index contributed by atoms with van der Waals surface area (Å²) in [7, 11) is 0. The third kappa shape index (κ3) is 4.04. The SMILES string of the molecule is CC(CC(=O)O)NCCn1ccnc1. The van der Waals surface area contributed by atoms with Crippen LogP contribution in [-0.4, -0.2) is 33.2 Å². The third-order valence-corrected chi connectivity index (χ3v) is 1.90. The predicted molar refractivity (Wildman–Crippen MR) is 51.9 cm³/mol. The fourth-order valence-electron chi connectivity index (χ4n) is 1.19. The summed E-state index contributed by atoms with van der Waals surface area (Å²) in [6, 6.07) is 0.0102. The topological polar surface area (TPSA) is 67.2 Å². The molecule has 0 aliphatic carbocycles. The van der Waals surface area contributed by atoms with Crippen molar-refractivity contribution in [3.05, 3.63) is 18.7 Å². The number of rotatable bonds is 6. The highest BCUT2D eigenvalue weighted by Crippen LogP contribution is 1.90. The smallest absolute Gasteiger partial charge is 0.304 e. The summed E-state index contributed by atoms with van der Waals surface area (Å²) in [6.45, 7) is 3.43. The Kier molecular flexibility index (Phi) is 4.12. The van der Waals surface area contributed by atoms with E-state index in [1.807, 2.05) is 17.7 Å². The molecule has 78 valence electrons. The number of imidazole rings is 1. The highest BCUT2D eigenvalue weighted by molar-refractivity contribution is 5.67. The zero-order valence-corrected chi connectivity index (χ0v) is 8.18. The third-order valence-electron chi connectivity index (χ3n) is 1.90. The van der Waals surface area contributed by atoms with E-state index >= 15 is 0 Å². The molecule has 1 atom stereocenters. The molecule has 0 aliphatic heterocycles. The summed E-state index contributed by atoms with van der Waals surface area (Å²) >= 11 is 0. The Hall–Kier alpha value is -1.36. The molecule has 0 saturated heterocycles. The standard InChI is InChI=1S/C9H15N3O2/c1-8(6-9(13)14)11-3-5-12-4-2-10-7-12/h2,4,7-8,11H,3,5-6H2,1H3,(H,13,14). The van der Waals surface area contributed by atoms with Gasteiger partial charge >= 0.3 is 5.97 Å². The Bertz CT molecular complexity index is 272. The Morgan fingerprint density at radius 1 is 1.71 bits per heavy atom. The van der Waals surface area contributed by atoms with Gasteiger partial charge in [-0.3, -0.25) is 4.79 Å². The molecule has 1 aromatic rings. The van der Waals surface area contributed by atoms with Gasteiger partial charge in [0, 0.05) is 31.5 Å². The van der Waals surface area contributed by atoms with Gasteiger partial charge in [0.1, 0.15) is 0 Å². The summed E-state index contributed by atoms with van der Waals surface area (Å²) in [5.41, 5.74) is 0. The molecule has 0 saturated carbocycles. The van der Waals surface area contributed by atoms with Crippen molar-refractivity contribution in [1.82, 2.24) is 14.9 Å². The summed E-state index contributed by atoms with van der Waals surface area (Å²) in [5, 5.41) is 11.6. The number of hydrogen-bond donors (Lipinski definition) is 2. The molecule has 0 radical (unpaired) electrons. The quantitative estimate of drug-likeness (QED) is 0.690. The van der Waals surface area contributed by atoms with Crippen molar-refractivity contribution in [3.8, 4) is 0 Å². The Labute approximate surface area is 82.8 Å². The number of aliphatic carboxylic acids is 1. The van der Waals surface area contributed by atoms with Gasteiger partial charge in [-0.1, -0.05) is 0 Å². The van der Waals surface area contributed by atoms with E-state index in [0.717, 1.165) is 13.1 Å². The van der Waals surface area contributed by atoms with Gasteiger partial charge in [-0.25, -0.2) is 4.98 Å². The lowest BCUT2D eigenvalue weighted by atomic mass is 10.2. The molecule has 5 heteroatoms. The van der Waals surface area contributed by atoms with E-state index in [2.05, 4.69) is 10.3 Å². The maximum absolute atomic E-state index is 10.3. The van der Waals surface area contributed by atoms with E-state index in [1.165, 1.54) is 0 Å². The second-order valence-corrected chi connectivity index (χ2v) is 3.25. The van der Waals surface area contributed by atoms with Crippen LogP contribution < -0.4 is 5.32 Å². The maximum Gasteiger partial charge on any atom is 0.304 e. The van der Waals surface area contributed by atoms with E-state index in [9.17, 15) is 4.79 Å². The van der Waals surface area contributed by atoms with Crippen LogP contribution in [0.25, 0.3) is 0 Å². The molecule has 1 rings (SSSR count). The molecule has 14 heavy (non-hydrogen) atoms. The van der Waals surface area contributed by atoms with Crippen molar-refractivity contribution in [2.45, 2.75) is 25.9 Å². The molecule has 1 unspecified atom stereocenters. The fraction of sp³-hybridized carbons (Fsp3) is 0.556. The second-order valence-electron chi connectivity index (χ2n) is 3.25. The first kappa shape index (κ1) is 10.7. The highest BCUT2D eigenvalue weighted by atomic mass is 16.4. The molecule has 0 aromatic carbocycles. The minimum absolute atomic E-state index is 0.0102. The van der Waals surface area contributed by atoms with E-state index in [0.29, 0.717) is 0 Å². The van der Waals surface area contributed by atoms with Crippen LogP contribution in [0.5, 0.6) is 0 Å². The largest absolute Gasteiger partial charge is 0.481 e. The first-order valence-electron chi connectivity index (χ1n) is 4.59. The van der Waals surface area contributed by atoms with Crippen LogP contribution in [0.2, 0.25) is 0 Å².